The van der Waals surface area contributed by atoms with E-state index in [1.54, 1.807) is 38.1 Å². The number of nitrogens with zero attached hydrogens (tertiary/aromatic N) is 1. The third-order valence-corrected chi connectivity index (χ3v) is 7.40. The molecule has 0 saturated carbocycles. The smallest absolute Gasteiger partial charge is 0.335 e. The molecule has 1 N–H and O–H groups in total. The summed E-state index contributed by atoms with van der Waals surface area (Å²) in [6.07, 6.45) is 0.674. The van der Waals surface area contributed by atoms with Crippen LogP contribution in [0.5, 0.6) is 11.5 Å². The molecular formula is C26H29NO7S. The van der Waals surface area contributed by atoms with Gasteiger partial charge >= 0.3 is 5.97 Å². The molecule has 1 aliphatic rings. The van der Waals surface area contributed by atoms with Gasteiger partial charge in [0.1, 0.15) is 23.9 Å². The van der Waals surface area contributed by atoms with E-state index in [4.69, 9.17) is 13.9 Å². The standard InChI is InChI=1S/C26H29NO7S/c1-16(2)14-27(35(30,31)25-8-5-18(4)34-25)22-12-20-9-10-32-23(20)13-24(22)33-15-19-6-7-21(26(28)29)17(3)11-19/h5-8,11-13,16H,9-10,14-15H2,1-4H3,(H,28,29). The molecule has 1 aliphatic heterocycles. The van der Waals surface area contributed by atoms with Gasteiger partial charge in [0.15, 0.2) is 0 Å². The van der Waals surface area contributed by atoms with Gasteiger partial charge in [-0.2, -0.15) is 8.42 Å². The van der Waals surface area contributed by atoms with Crippen LogP contribution in [0.15, 0.2) is 52.0 Å². The quantitative estimate of drug-likeness (QED) is 0.443. The molecule has 3 aromatic rings. The molecule has 9 heteroatoms. The lowest BCUT2D eigenvalue weighted by atomic mass is 10.1. The van der Waals surface area contributed by atoms with Gasteiger partial charge in [0.05, 0.1) is 17.9 Å². The first-order chi connectivity index (χ1) is 16.6. The highest BCUT2D eigenvalue weighted by molar-refractivity contribution is 7.92. The zero-order chi connectivity index (χ0) is 25.3. The molecule has 0 saturated heterocycles. The Morgan fingerprint density at radius 2 is 1.91 bits per heavy atom. The van der Waals surface area contributed by atoms with Crippen LogP contribution in [0.1, 0.15) is 46.7 Å². The normalized spacial score (nSPS) is 12.9. The maximum atomic E-state index is 13.6. The lowest BCUT2D eigenvalue weighted by molar-refractivity contribution is 0.0696. The Kier molecular flexibility index (Phi) is 6.80. The fourth-order valence-electron chi connectivity index (χ4n) is 4.04. The fourth-order valence-corrected chi connectivity index (χ4v) is 5.63. The minimum atomic E-state index is -3.99. The van der Waals surface area contributed by atoms with E-state index in [1.807, 2.05) is 19.9 Å². The van der Waals surface area contributed by atoms with Crippen LogP contribution >= 0.6 is 0 Å². The van der Waals surface area contributed by atoms with Gasteiger partial charge in [0, 0.05) is 19.0 Å². The second-order valence-electron chi connectivity index (χ2n) is 9.06. The number of benzene rings is 2. The van der Waals surface area contributed by atoms with Crippen molar-refractivity contribution in [3.8, 4) is 11.5 Å². The van der Waals surface area contributed by atoms with Gasteiger partial charge < -0.3 is 19.0 Å². The van der Waals surface area contributed by atoms with Crippen LogP contribution in [0.25, 0.3) is 0 Å². The highest BCUT2D eigenvalue weighted by Crippen LogP contribution is 2.41. The highest BCUT2D eigenvalue weighted by Gasteiger charge is 2.32. The summed E-state index contributed by atoms with van der Waals surface area (Å²) in [5.41, 5.74) is 2.93. The number of aromatic carboxylic acids is 1. The summed E-state index contributed by atoms with van der Waals surface area (Å²) in [6.45, 7) is 8.18. The second-order valence-corrected chi connectivity index (χ2v) is 10.9. The topological polar surface area (TPSA) is 106 Å². The summed E-state index contributed by atoms with van der Waals surface area (Å²) in [5, 5.41) is 9.15. The van der Waals surface area contributed by atoms with Crippen molar-refractivity contribution in [3.05, 3.63) is 70.5 Å². The molecular weight excluding hydrogens is 470 g/mol. The van der Waals surface area contributed by atoms with E-state index >= 15 is 0 Å². The van der Waals surface area contributed by atoms with E-state index in [9.17, 15) is 18.3 Å². The van der Waals surface area contributed by atoms with Crippen molar-refractivity contribution in [2.24, 2.45) is 5.92 Å². The van der Waals surface area contributed by atoms with Crippen molar-refractivity contribution in [2.75, 3.05) is 17.5 Å². The van der Waals surface area contributed by atoms with Crippen molar-refractivity contribution < 1.29 is 32.2 Å². The number of carboxylic acids is 1. The summed E-state index contributed by atoms with van der Waals surface area (Å²) in [5.74, 6) is 0.571. The molecule has 2 heterocycles. The zero-order valence-corrected chi connectivity index (χ0v) is 21.0. The molecule has 4 rings (SSSR count). The summed E-state index contributed by atoms with van der Waals surface area (Å²) >= 11 is 0. The van der Waals surface area contributed by atoms with Gasteiger partial charge in [-0.1, -0.05) is 26.0 Å². The lowest BCUT2D eigenvalue weighted by Gasteiger charge is -2.27. The number of hydrogen-bond acceptors (Lipinski definition) is 6. The van der Waals surface area contributed by atoms with Crippen molar-refractivity contribution in [3.63, 3.8) is 0 Å². The van der Waals surface area contributed by atoms with E-state index in [-0.39, 0.29) is 29.7 Å². The number of carboxylic acid groups (broad SMARTS) is 1. The fraction of sp³-hybridized carbons (Fsp3) is 0.346. The number of fused-ring (bicyclic) bond motifs is 1. The average molecular weight is 500 g/mol. The summed E-state index contributed by atoms with van der Waals surface area (Å²) < 4.78 is 46.0. The number of carbonyl (C=O) groups is 1. The Bertz CT molecular complexity index is 1360. The summed E-state index contributed by atoms with van der Waals surface area (Å²) in [7, 11) is -3.99. The van der Waals surface area contributed by atoms with Gasteiger partial charge in [-0.15, -0.1) is 0 Å². The maximum Gasteiger partial charge on any atom is 0.335 e. The Labute approximate surface area is 205 Å². The molecule has 0 atom stereocenters. The Balaban J connectivity index is 1.74. The second kappa shape index (κ2) is 9.65. The van der Waals surface area contributed by atoms with Crippen LogP contribution in [-0.2, 0) is 23.1 Å². The van der Waals surface area contributed by atoms with E-state index in [2.05, 4.69) is 0 Å². The molecule has 186 valence electrons. The molecule has 1 aromatic heterocycles. The van der Waals surface area contributed by atoms with Gasteiger partial charge in [-0.3, -0.25) is 4.31 Å². The van der Waals surface area contributed by atoms with Gasteiger partial charge in [-0.05, 0) is 60.7 Å². The Morgan fingerprint density at radius 1 is 1.14 bits per heavy atom. The van der Waals surface area contributed by atoms with Gasteiger partial charge in [-0.25, -0.2) is 4.79 Å². The van der Waals surface area contributed by atoms with Crippen LogP contribution < -0.4 is 13.8 Å². The third-order valence-electron chi connectivity index (χ3n) is 5.75. The van der Waals surface area contributed by atoms with E-state index in [0.717, 1.165) is 11.1 Å². The summed E-state index contributed by atoms with van der Waals surface area (Å²) in [6, 6.07) is 11.6. The van der Waals surface area contributed by atoms with Crippen molar-refractivity contribution >= 4 is 21.7 Å². The molecule has 2 aromatic carbocycles. The molecule has 35 heavy (non-hydrogen) atoms. The van der Waals surface area contributed by atoms with Crippen molar-refractivity contribution in [2.45, 2.75) is 45.8 Å². The van der Waals surface area contributed by atoms with Crippen molar-refractivity contribution in [1.29, 1.82) is 0 Å². The monoisotopic (exact) mass is 499 g/mol. The van der Waals surface area contributed by atoms with Crippen LogP contribution in [0, 0.1) is 19.8 Å². The highest BCUT2D eigenvalue weighted by atomic mass is 32.2. The van der Waals surface area contributed by atoms with E-state index < -0.39 is 16.0 Å². The SMILES string of the molecule is Cc1ccc(S(=O)(=O)N(CC(C)C)c2cc3c(cc2OCc2ccc(C(=O)O)c(C)c2)OCC3)o1. The first kappa shape index (κ1) is 24.7. The maximum absolute atomic E-state index is 13.6. The lowest BCUT2D eigenvalue weighted by Crippen LogP contribution is -2.34. The minimum absolute atomic E-state index is 0.0319. The molecule has 8 nitrogen and oxygen atoms in total. The Hall–Kier alpha value is -3.46. The van der Waals surface area contributed by atoms with Crippen LogP contribution in [0.2, 0.25) is 0 Å². The van der Waals surface area contributed by atoms with Gasteiger partial charge in [0.2, 0.25) is 5.09 Å². The van der Waals surface area contributed by atoms with Crippen LogP contribution in [-0.4, -0.2) is 32.6 Å². The van der Waals surface area contributed by atoms with E-state index in [0.29, 0.717) is 41.5 Å². The molecule has 0 aliphatic carbocycles. The molecule has 0 bridgehead atoms. The van der Waals surface area contributed by atoms with Crippen molar-refractivity contribution in [1.82, 2.24) is 0 Å². The molecule has 0 amide bonds. The minimum Gasteiger partial charge on any atom is -0.493 e. The third kappa shape index (κ3) is 5.14. The first-order valence-electron chi connectivity index (χ1n) is 11.4. The Morgan fingerprint density at radius 3 is 2.54 bits per heavy atom. The van der Waals surface area contributed by atoms with Crippen LogP contribution in [0.3, 0.4) is 0 Å². The van der Waals surface area contributed by atoms with Crippen LogP contribution in [0.4, 0.5) is 5.69 Å². The number of ether oxygens (including phenoxy) is 2. The predicted octanol–water partition coefficient (Wildman–Crippen LogP) is 4.96. The number of anilines is 1. The zero-order valence-electron chi connectivity index (χ0n) is 20.2. The molecule has 0 spiro atoms. The first-order valence-corrected chi connectivity index (χ1v) is 12.8. The average Bonchev–Trinajstić information content (AvgIpc) is 3.43. The van der Waals surface area contributed by atoms with E-state index in [1.165, 1.54) is 16.4 Å². The number of aryl methyl sites for hydroxylation is 2. The van der Waals surface area contributed by atoms with Gasteiger partial charge in [0.25, 0.3) is 10.0 Å². The summed E-state index contributed by atoms with van der Waals surface area (Å²) in [4.78, 5) is 11.3. The molecule has 0 unspecified atom stereocenters. The number of hydrogen-bond donors (Lipinski definition) is 1. The molecule has 0 radical (unpaired) electrons. The number of furan rings is 1. The largest absolute Gasteiger partial charge is 0.493 e. The predicted molar refractivity (Wildman–Crippen MR) is 131 cm³/mol. The number of sulfonamides is 1. The number of rotatable bonds is 9. The molecule has 0 fully saturated rings.